The fourth-order valence-electron chi connectivity index (χ4n) is 2.64. The first-order chi connectivity index (χ1) is 8.69. The summed E-state index contributed by atoms with van der Waals surface area (Å²) in [4.78, 5) is 2.33. The molecule has 0 aromatic carbocycles. The zero-order chi connectivity index (χ0) is 12.6. The van der Waals surface area contributed by atoms with Crippen LogP contribution < -0.4 is 10.2 Å². The number of aromatic nitrogens is 2. The predicted octanol–water partition coefficient (Wildman–Crippen LogP) is 1.78. The van der Waals surface area contributed by atoms with Crippen molar-refractivity contribution in [2.45, 2.75) is 12.8 Å². The van der Waals surface area contributed by atoms with E-state index < -0.39 is 0 Å². The van der Waals surface area contributed by atoms with Crippen LogP contribution in [0.1, 0.15) is 18.5 Å². The van der Waals surface area contributed by atoms with Crippen LogP contribution in [0, 0.1) is 5.41 Å². The van der Waals surface area contributed by atoms with Gasteiger partial charge in [0, 0.05) is 26.2 Å². The lowest BCUT2D eigenvalue weighted by Crippen LogP contribution is -2.58. The van der Waals surface area contributed by atoms with Crippen LogP contribution in [-0.4, -0.2) is 39.2 Å². The molecule has 18 heavy (non-hydrogen) atoms. The van der Waals surface area contributed by atoms with Crippen molar-refractivity contribution in [1.82, 2.24) is 15.5 Å². The molecule has 0 unspecified atom stereocenters. The average molecular weight is 374 g/mol. The number of thiocarbonyl (C=S) groups is 1. The van der Waals surface area contributed by atoms with Crippen molar-refractivity contribution < 1.29 is 0 Å². The first-order valence-corrected chi connectivity index (χ1v) is 7.67. The summed E-state index contributed by atoms with van der Waals surface area (Å²) < 4.78 is 0.768. The standard InChI is InChI=1S/C12H15IN4S/c13-11(18)9-1-2-10(16-15-9)17-5-3-12(4-6-17)7-14-8-12/h1-2,14H,3-8H2. The van der Waals surface area contributed by atoms with Gasteiger partial charge in [-0.15, -0.1) is 10.2 Å². The number of nitrogens with zero attached hydrogens (tertiary/aromatic N) is 3. The third-order valence-corrected chi connectivity index (χ3v) is 4.76. The number of hydrogen-bond donors (Lipinski definition) is 1. The third-order valence-electron chi connectivity index (χ3n) is 4.00. The van der Waals surface area contributed by atoms with Gasteiger partial charge in [0.1, 0.15) is 8.57 Å². The summed E-state index contributed by atoms with van der Waals surface area (Å²) in [7, 11) is 0. The maximum atomic E-state index is 5.08. The van der Waals surface area contributed by atoms with E-state index in [1.54, 1.807) is 0 Å². The van der Waals surface area contributed by atoms with E-state index in [4.69, 9.17) is 12.2 Å². The van der Waals surface area contributed by atoms with Crippen LogP contribution in [0.2, 0.25) is 0 Å². The molecule has 2 saturated heterocycles. The number of nitrogens with one attached hydrogen (secondary N) is 1. The molecule has 1 aromatic heterocycles. The van der Waals surface area contributed by atoms with Gasteiger partial charge in [0.15, 0.2) is 5.82 Å². The van der Waals surface area contributed by atoms with E-state index in [0.717, 1.165) is 27.5 Å². The van der Waals surface area contributed by atoms with Gasteiger partial charge in [-0.2, -0.15) is 0 Å². The Balaban J connectivity index is 1.67. The van der Waals surface area contributed by atoms with Crippen molar-refractivity contribution in [2.24, 2.45) is 5.41 Å². The first-order valence-electron chi connectivity index (χ1n) is 6.18. The van der Waals surface area contributed by atoms with Crippen molar-refractivity contribution >= 4 is 43.5 Å². The summed E-state index contributed by atoms with van der Waals surface area (Å²) >= 11 is 7.18. The first kappa shape index (κ1) is 12.7. The number of anilines is 1. The Labute approximate surface area is 126 Å². The molecule has 2 aliphatic rings. The summed E-state index contributed by atoms with van der Waals surface area (Å²) in [6.07, 6.45) is 2.52. The largest absolute Gasteiger partial charge is 0.355 e. The lowest BCUT2D eigenvalue weighted by atomic mass is 9.73. The molecule has 2 fully saturated rings. The van der Waals surface area contributed by atoms with Crippen LogP contribution in [0.25, 0.3) is 0 Å². The highest BCUT2D eigenvalue weighted by Gasteiger charge is 2.39. The van der Waals surface area contributed by atoms with Gasteiger partial charge in [-0.25, -0.2) is 0 Å². The molecule has 96 valence electrons. The number of rotatable bonds is 2. The molecule has 0 bridgehead atoms. The maximum Gasteiger partial charge on any atom is 0.151 e. The van der Waals surface area contributed by atoms with E-state index in [9.17, 15) is 0 Å². The fraction of sp³-hybridized carbons (Fsp3) is 0.583. The Bertz CT molecular complexity index is 448. The lowest BCUT2D eigenvalue weighted by Gasteiger charge is -2.48. The minimum Gasteiger partial charge on any atom is -0.355 e. The molecule has 3 rings (SSSR count). The molecule has 0 saturated carbocycles. The highest BCUT2D eigenvalue weighted by Crippen LogP contribution is 2.35. The maximum absolute atomic E-state index is 5.08. The zero-order valence-electron chi connectivity index (χ0n) is 10.0. The Hall–Kier alpha value is -0.340. The molecular weight excluding hydrogens is 359 g/mol. The highest BCUT2D eigenvalue weighted by atomic mass is 127. The van der Waals surface area contributed by atoms with E-state index in [0.29, 0.717) is 5.41 Å². The summed E-state index contributed by atoms with van der Waals surface area (Å²) in [6.45, 7) is 4.55. The normalized spacial score (nSPS) is 21.7. The third kappa shape index (κ3) is 2.37. The van der Waals surface area contributed by atoms with Gasteiger partial charge in [0.25, 0.3) is 0 Å². The number of piperidine rings is 1. The molecule has 2 aliphatic heterocycles. The Kier molecular flexibility index (Phi) is 3.50. The van der Waals surface area contributed by atoms with E-state index in [-0.39, 0.29) is 0 Å². The van der Waals surface area contributed by atoms with Gasteiger partial charge in [-0.05, 0) is 53.0 Å². The molecule has 3 heterocycles. The summed E-state index contributed by atoms with van der Waals surface area (Å²) in [6, 6.07) is 4.00. The summed E-state index contributed by atoms with van der Waals surface area (Å²) in [5.41, 5.74) is 1.37. The van der Waals surface area contributed by atoms with Gasteiger partial charge in [0.05, 0.1) is 0 Å². The second-order valence-corrected chi connectivity index (χ2v) is 7.36. The van der Waals surface area contributed by atoms with Crippen molar-refractivity contribution in [2.75, 3.05) is 31.1 Å². The van der Waals surface area contributed by atoms with Crippen molar-refractivity contribution in [3.63, 3.8) is 0 Å². The van der Waals surface area contributed by atoms with Crippen LogP contribution in [0.4, 0.5) is 5.82 Å². The van der Waals surface area contributed by atoms with Gasteiger partial charge < -0.3 is 10.2 Å². The van der Waals surface area contributed by atoms with Gasteiger partial charge in [-0.3, -0.25) is 0 Å². The fourth-order valence-corrected chi connectivity index (χ4v) is 3.04. The van der Waals surface area contributed by atoms with Crippen molar-refractivity contribution in [3.05, 3.63) is 17.8 Å². The van der Waals surface area contributed by atoms with Crippen LogP contribution >= 0.6 is 34.8 Å². The Morgan fingerprint density at radius 2 is 2.00 bits per heavy atom. The summed E-state index contributed by atoms with van der Waals surface area (Å²) in [5, 5.41) is 11.8. The van der Waals surface area contributed by atoms with E-state index >= 15 is 0 Å². The second kappa shape index (κ2) is 4.97. The number of halogens is 1. The zero-order valence-corrected chi connectivity index (χ0v) is 13.0. The van der Waals surface area contributed by atoms with Crippen LogP contribution in [0.15, 0.2) is 12.1 Å². The quantitative estimate of drug-likeness (QED) is 0.486. The molecule has 1 aromatic rings. The average Bonchev–Trinajstić information content (AvgIpc) is 2.37. The van der Waals surface area contributed by atoms with Crippen LogP contribution in [0.5, 0.6) is 0 Å². The van der Waals surface area contributed by atoms with Gasteiger partial charge >= 0.3 is 0 Å². The van der Waals surface area contributed by atoms with Gasteiger partial charge in [-0.1, -0.05) is 12.2 Å². The van der Waals surface area contributed by atoms with E-state index in [1.165, 1.54) is 25.9 Å². The smallest absolute Gasteiger partial charge is 0.151 e. The van der Waals surface area contributed by atoms with E-state index in [2.05, 4.69) is 43.0 Å². The monoisotopic (exact) mass is 374 g/mol. The molecule has 1 N–H and O–H groups in total. The van der Waals surface area contributed by atoms with Crippen LogP contribution in [-0.2, 0) is 0 Å². The lowest BCUT2D eigenvalue weighted by molar-refractivity contribution is 0.126. The van der Waals surface area contributed by atoms with E-state index in [1.807, 2.05) is 12.1 Å². The predicted molar refractivity (Wildman–Crippen MR) is 84.5 cm³/mol. The number of hydrogen-bond acceptors (Lipinski definition) is 5. The topological polar surface area (TPSA) is 41.0 Å². The Morgan fingerprint density at radius 3 is 2.44 bits per heavy atom. The molecule has 0 aliphatic carbocycles. The molecular formula is C12H15IN4S. The summed E-state index contributed by atoms with van der Waals surface area (Å²) in [5.74, 6) is 0.980. The van der Waals surface area contributed by atoms with Gasteiger partial charge in [0.2, 0.25) is 0 Å². The van der Waals surface area contributed by atoms with Crippen molar-refractivity contribution in [1.29, 1.82) is 0 Å². The highest BCUT2D eigenvalue weighted by molar-refractivity contribution is 14.1. The minimum atomic E-state index is 0.577. The van der Waals surface area contributed by atoms with Crippen molar-refractivity contribution in [3.8, 4) is 0 Å². The molecule has 0 atom stereocenters. The molecule has 0 radical (unpaired) electrons. The minimum absolute atomic E-state index is 0.577. The SMILES string of the molecule is S=C(I)c1ccc(N2CCC3(CC2)CNC3)nn1. The molecule has 4 nitrogen and oxygen atoms in total. The van der Waals surface area contributed by atoms with Crippen LogP contribution in [0.3, 0.4) is 0 Å². The molecule has 1 spiro atoms. The second-order valence-electron chi connectivity index (χ2n) is 5.14. The molecule has 0 amide bonds. The molecule has 6 heteroatoms. The Morgan fingerprint density at radius 1 is 1.28 bits per heavy atom.